The number of nitrogens with one attached hydrogen (secondary N) is 2. The highest BCUT2D eigenvalue weighted by Gasteiger charge is 2.22. The Kier molecular flexibility index (Phi) is 5.25. The fourth-order valence-electron chi connectivity index (χ4n) is 4.89. The second-order valence-corrected chi connectivity index (χ2v) is 10.3. The molecule has 0 saturated heterocycles. The Bertz CT molecular complexity index is 1630. The van der Waals surface area contributed by atoms with E-state index in [1.54, 1.807) is 0 Å². The number of hydrogen-bond acceptors (Lipinski definition) is 5. The third-order valence-electron chi connectivity index (χ3n) is 6.89. The van der Waals surface area contributed by atoms with E-state index < -0.39 is 0 Å². The lowest BCUT2D eigenvalue weighted by molar-refractivity contribution is 0.262. The van der Waals surface area contributed by atoms with E-state index in [4.69, 9.17) is 9.97 Å². The summed E-state index contributed by atoms with van der Waals surface area (Å²) < 4.78 is 1.82. The van der Waals surface area contributed by atoms with E-state index >= 15 is 0 Å². The zero-order valence-electron chi connectivity index (χ0n) is 19.6. The Morgan fingerprint density at radius 2 is 1.69 bits per heavy atom. The van der Waals surface area contributed by atoms with Gasteiger partial charge >= 0.3 is 6.03 Å². The van der Waals surface area contributed by atoms with Crippen molar-refractivity contribution in [2.45, 2.75) is 39.7 Å². The van der Waals surface area contributed by atoms with Gasteiger partial charge in [-0.1, -0.05) is 54.7 Å². The first kappa shape index (κ1) is 21.7. The Morgan fingerprint density at radius 3 is 2.40 bits per heavy atom. The van der Waals surface area contributed by atoms with Gasteiger partial charge in [0.05, 0.1) is 22.1 Å². The molecule has 176 valence electrons. The zero-order chi connectivity index (χ0) is 24.1. The first-order chi connectivity index (χ1) is 17.0. The minimum atomic E-state index is -0.364. The lowest BCUT2D eigenvalue weighted by atomic mass is 10.0. The molecule has 0 unspecified atom stereocenters. The molecule has 0 aliphatic carbocycles. The molecule has 1 aliphatic rings. The number of aryl methyl sites for hydroxylation is 2. The second kappa shape index (κ2) is 8.46. The number of aromatic nitrogens is 3. The summed E-state index contributed by atoms with van der Waals surface area (Å²) in [6.07, 6.45) is 2.81. The van der Waals surface area contributed by atoms with Crippen LogP contribution in [0.15, 0.2) is 53.3 Å². The number of fused-ring (bicyclic) bond motifs is 4. The lowest BCUT2D eigenvalue weighted by Crippen LogP contribution is -2.24. The number of hydrogen-bond donors (Lipinski definition) is 2. The van der Waals surface area contributed by atoms with Gasteiger partial charge in [0.1, 0.15) is 15.7 Å². The Hall–Kier alpha value is -3.78. The smallest absolute Gasteiger partial charge is 0.306 e. The average Bonchev–Trinajstić information content (AvgIpc) is 3.03. The van der Waals surface area contributed by atoms with Crippen LogP contribution in [0.25, 0.3) is 32.0 Å². The van der Waals surface area contributed by atoms with Crippen molar-refractivity contribution < 1.29 is 4.79 Å². The molecule has 2 N–H and O–H groups in total. The third-order valence-corrected chi connectivity index (χ3v) is 7.99. The molecule has 0 spiro atoms. The molecule has 3 aromatic heterocycles. The number of amides is 2. The van der Waals surface area contributed by atoms with Crippen LogP contribution >= 0.6 is 11.3 Å². The fraction of sp³-hybridized carbons (Fsp3) is 0.259. The molecule has 2 amide bonds. The van der Waals surface area contributed by atoms with Crippen LogP contribution in [0.2, 0.25) is 0 Å². The molecular formula is C27H25N5O2S. The number of carbonyl (C=O) groups is 1. The predicted octanol–water partition coefficient (Wildman–Crippen LogP) is 6.08. The molecule has 0 bridgehead atoms. The van der Waals surface area contributed by atoms with Gasteiger partial charge in [-0.2, -0.15) is 0 Å². The second-order valence-electron chi connectivity index (χ2n) is 9.25. The third kappa shape index (κ3) is 3.74. The number of nitrogens with zero attached hydrogens (tertiary/aromatic N) is 3. The van der Waals surface area contributed by atoms with Crippen molar-refractivity contribution in [3.63, 3.8) is 0 Å². The number of anilines is 2. The molecule has 35 heavy (non-hydrogen) atoms. The Balaban J connectivity index is 1.37. The first-order valence-corrected chi connectivity index (χ1v) is 12.7. The van der Waals surface area contributed by atoms with Crippen molar-refractivity contribution in [3.05, 3.63) is 70.3 Å². The predicted molar refractivity (Wildman–Crippen MR) is 143 cm³/mol. The maximum Gasteiger partial charge on any atom is 0.324 e. The van der Waals surface area contributed by atoms with E-state index in [9.17, 15) is 9.59 Å². The molecule has 8 heteroatoms. The summed E-state index contributed by atoms with van der Waals surface area (Å²) in [5.41, 5.74) is 3.09. The lowest BCUT2D eigenvalue weighted by Gasteiger charge is -2.13. The van der Waals surface area contributed by atoms with Gasteiger partial charge in [0.15, 0.2) is 0 Å². The molecule has 1 atom stereocenters. The van der Waals surface area contributed by atoms with Crippen LogP contribution < -0.4 is 16.2 Å². The number of carbonyl (C=O) groups excluding carboxylic acids is 1. The summed E-state index contributed by atoms with van der Waals surface area (Å²) >= 11 is 1.36. The van der Waals surface area contributed by atoms with Crippen LogP contribution in [0.5, 0.6) is 0 Å². The Morgan fingerprint density at radius 1 is 1.00 bits per heavy atom. The molecule has 0 radical (unpaired) electrons. The molecule has 6 rings (SSSR count). The molecule has 4 heterocycles. The van der Waals surface area contributed by atoms with Crippen LogP contribution in [0, 0.1) is 12.8 Å². The van der Waals surface area contributed by atoms with Crippen LogP contribution in [0.3, 0.4) is 0 Å². The van der Waals surface area contributed by atoms with E-state index in [0.717, 1.165) is 52.5 Å². The van der Waals surface area contributed by atoms with E-state index in [2.05, 4.69) is 17.6 Å². The number of rotatable bonds is 2. The van der Waals surface area contributed by atoms with E-state index in [1.165, 1.54) is 11.3 Å². The molecule has 2 aromatic carbocycles. The van der Waals surface area contributed by atoms with Crippen LogP contribution in [0.4, 0.5) is 15.5 Å². The molecule has 7 nitrogen and oxygen atoms in total. The summed E-state index contributed by atoms with van der Waals surface area (Å²) in [6, 6.07) is 15.1. The molecule has 5 aromatic rings. The van der Waals surface area contributed by atoms with Crippen molar-refractivity contribution >= 4 is 60.1 Å². The van der Waals surface area contributed by atoms with Crippen molar-refractivity contribution in [2.24, 2.45) is 5.92 Å². The van der Waals surface area contributed by atoms with Gasteiger partial charge in [-0.3, -0.25) is 14.7 Å². The topological polar surface area (TPSA) is 88.9 Å². The summed E-state index contributed by atoms with van der Waals surface area (Å²) in [7, 11) is 0. The summed E-state index contributed by atoms with van der Waals surface area (Å²) in [4.78, 5) is 36.7. The van der Waals surface area contributed by atoms with Crippen molar-refractivity contribution in [1.82, 2.24) is 14.5 Å². The minimum Gasteiger partial charge on any atom is -0.306 e. The number of thiophene rings is 1. The van der Waals surface area contributed by atoms with Gasteiger partial charge in [0.2, 0.25) is 0 Å². The number of benzene rings is 2. The SMILES string of the molecule is Cc1c(NC(=O)Nc2c3ccccc3nc3ccccc23)sc2nc3n(c(=O)c12)CC[C@H](C)CC3. The van der Waals surface area contributed by atoms with Gasteiger partial charge in [0, 0.05) is 23.7 Å². The number of pyridine rings is 1. The highest BCUT2D eigenvalue weighted by molar-refractivity contribution is 7.22. The monoisotopic (exact) mass is 483 g/mol. The molecule has 0 fully saturated rings. The maximum absolute atomic E-state index is 13.3. The van der Waals surface area contributed by atoms with E-state index in [1.807, 2.05) is 60.0 Å². The van der Waals surface area contributed by atoms with Crippen LogP contribution in [0.1, 0.15) is 31.2 Å². The van der Waals surface area contributed by atoms with Gasteiger partial charge in [-0.25, -0.2) is 14.8 Å². The molecular weight excluding hydrogens is 458 g/mol. The van der Waals surface area contributed by atoms with Crippen molar-refractivity contribution in [1.29, 1.82) is 0 Å². The average molecular weight is 484 g/mol. The quantitative estimate of drug-likeness (QED) is 0.298. The normalized spacial score (nSPS) is 15.8. The fourth-order valence-corrected chi connectivity index (χ4v) is 5.98. The minimum absolute atomic E-state index is 0.00701. The molecule has 1 aliphatic heterocycles. The summed E-state index contributed by atoms with van der Waals surface area (Å²) in [6.45, 7) is 4.79. The standard InChI is InChI=1S/C27H25N5O2S/c1-15-11-12-21-29-25-22(26(33)32(21)14-13-15)16(2)24(35-25)31-27(34)30-23-17-7-3-5-9-19(17)28-20-10-6-4-8-18(20)23/h3-10,15H,11-14H2,1-2H3,(H2,28,30,31,34)/t15-/m1/s1. The largest absolute Gasteiger partial charge is 0.324 e. The van der Waals surface area contributed by atoms with Crippen molar-refractivity contribution in [3.8, 4) is 0 Å². The maximum atomic E-state index is 13.3. The highest BCUT2D eigenvalue weighted by atomic mass is 32.1. The van der Waals surface area contributed by atoms with E-state index in [-0.39, 0.29) is 11.6 Å². The highest BCUT2D eigenvalue weighted by Crippen LogP contribution is 2.34. The van der Waals surface area contributed by atoms with Crippen molar-refractivity contribution in [2.75, 3.05) is 10.6 Å². The first-order valence-electron chi connectivity index (χ1n) is 11.9. The zero-order valence-corrected chi connectivity index (χ0v) is 20.4. The number of para-hydroxylation sites is 2. The van der Waals surface area contributed by atoms with Gasteiger partial charge in [-0.15, -0.1) is 0 Å². The van der Waals surface area contributed by atoms with Crippen LogP contribution in [-0.2, 0) is 13.0 Å². The van der Waals surface area contributed by atoms with Crippen LogP contribution in [-0.4, -0.2) is 20.6 Å². The van der Waals surface area contributed by atoms with Gasteiger partial charge in [-0.05, 0) is 43.4 Å². The Labute approximate surface area is 205 Å². The number of urea groups is 1. The summed E-state index contributed by atoms with van der Waals surface area (Å²) in [5.74, 6) is 1.43. The van der Waals surface area contributed by atoms with E-state index in [0.29, 0.717) is 33.4 Å². The van der Waals surface area contributed by atoms with Gasteiger partial charge in [0.25, 0.3) is 5.56 Å². The summed E-state index contributed by atoms with van der Waals surface area (Å²) in [5, 5.41) is 8.99. The molecule has 0 saturated carbocycles. The van der Waals surface area contributed by atoms with Gasteiger partial charge < -0.3 is 5.32 Å².